The maximum Gasteiger partial charge on any atom is 0.407 e. The molecule has 2 saturated heterocycles. The van der Waals surface area contributed by atoms with E-state index in [4.69, 9.17) is 0 Å². The van der Waals surface area contributed by atoms with Gasteiger partial charge in [-0.25, -0.2) is 4.79 Å². The molecule has 3 aliphatic rings. The quantitative estimate of drug-likeness (QED) is 0.912. The first-order chi connectivity index (χ1) is 10.4. The lowest BCUT2D eigenvalue weighted by Gasteiger charge is -2.49. The van der Waals surface area contributed by atoms with Crippen molar-refractivity contribution in [3.63, 3.8) is 0 Å². The summed E-state index contributed by atoms with van der Waals surface area (Å²) in [5.74, 6) is 0. The standard InChI is InChI=1S/C18H24N2O2/c1-17(2,13-6-4-3-5-7-13)20-14-10-18(8-9-18)15(20)12-19(11-14)16(21)22/h3-7,14-15H,8-12H2,1-2H3,(H,21,22)/t14-,15-/m1/s1. The van der Waals surface area contributed by atoms with E-state index in [-0.39, 0.29) is 5.54 Å². The van der Waals surface area contributed by atoms with Gasteiger partial charge in [-0.2, -0.15) is 0 Å². The Morgan fingerprint density at radius 2 is 1.91 bits per heavy atom. The predicted molar refractivity (Wildman–Crippen MR) is 84.8 cm³/mol. The minimum atomic E-state index is -0.759. The van der Waals surface area contributed by atoms with Gasteiger partial charge in [0.15, 0.2) is 0 Å². The van der Waals surface area contributed by atoms with Crippen LogP contribution in [0.5, 0.6) is 0 Å². The molecule has 2 aliphatic heterocycles. The number of fused-ring (bicyclic) bond motifs is 3. The van der Waals surface area contributed by atoms with Gasteiger partial charge in [-0.1, -0.05) is 30.3 Å². The molecule has 1 N–H and O–H groups in total. The number of amides is 1. The minimum absolute atomic E-state index is 0.0483. The Bertz CT molecular complexity index is 594. The van der Waals surface area contributed by atoms with Crippen LogP contribution in [-0.2, 0) is 5.54 Å². The number of benzene rings is 1. The number of rotatable bonds is 2. The lowest BCUT2D eigenvalue weighted by Crippen LogP contribution is -2.61. The first kappa shape index (κ1) is 14.1. The largest absolute Gasteiger partial charge is 0.465 e. The Morgan fingerprint density at radius 3 is 2.50 bits per heavy atom. The van der Waals surface area contributed by atoms with Crippen molar-refractivity contribution in [1.29, 1.82) is 0 Å². The van der Waals surface area contributed by atoms with Gasteiger partial charge >= 0.3 is 6.09 Å². The maximum absolute atomic E-state index is 11.4. The molecule has 1 spiro atoms. The summed E-state index contributed by atoms with van der Waals surface area (Å²) in [5.41, 5.74) is 1.67. The van der Waals surface area contributed by atoms with Crippen LogP contribution in [0.1, 0.15) is 38.7 Å². The number of carbonyl (C=O) groups is 1. The second kappa shape index (κ2) is 4.48. The van der Waals surface area contributed by atoms with Crippen molar-refractivity contribution in [2.75, 3.05) is 13.1 Å². The van der Waals surface area contributed by atoms with Gasteiger partial charge in [-0.3, -0.25) is 4.90 Å². The third-order valence-electron chi connectivity index (χ3n) is 6.19. The van der Waals surface area contributed by atoms with Crippen LogP contribution in [0.15, 0.2) is 30.3 Å². The molecule has 4 rings (SSSR count). The highest BCUT2D eigenvalue weighted by atomic mass is 16.4. The van der Waals surface area contributed by atoms with Crippen LogP contribution < -0.4 is 0 Å². The summed E-state index contributed by atoms with van der Waals surface area (Å²) in [6.07, 6.45) is 2.94. The Morgan fingerprint density at radius 1 is 1.23 bits per heavy atom. The summed E-state index contributed by atoms with van der Waals surface area (Å²) in [6.45, 7) is 5.91. The summed E-state index contributed by atoms with van der Waals surface area (Å²) >= 11 is 0. The molecule has 1 saturated carbocycles. The van der Waals surface area contributed by atoms with Gasteiger partial charge in [0.2, 0.25) is 0 Å². The lowest BCUT2D eigenvalue weighted by molar-refractivity contribution is -0.0122. The molecule has 0 aromatic heterocycles. The zero-order valence-electron chi connectivity index (χ0n) is 13.3. The normalized spacial score (nSPS) is 29.8. The number of carboxylic acid groups (broad SMARTS) is 1. The first-order valence-corrected chi connectivity index (χ1v) is 8.26. The fraction of sp³-hybridized carbons (Fsp3) is 0.611. The fourth-order valence-corrected chi connectivity index (χ4v) is 4.92. The third kappa shape index (κ3) is 1.89. The van der Waals surface area contributed by atoms with Crippen molar-refractivity contribution in [3.8, 4) is 0 Å². The molecule has 118 valence electrons. The Kier molecular flexibility index (Phi) is 2.86. The van der Waals surface area contributed by atoms with E-state index in [0.717, 1.165) is 6.42 Å². The summed E-state index contributed by atoms with van der Waals surface area (Å²) < 4.78 is 0. The SMILES string of the molecule is CC(C)(c1ccccc1)N1[C@H]2CN(C(=O)O)C[C@@H]1C1(CC1)C2. The molecule has 4 nitrogen and oxygen atoms in total. The van der Waals surface area contributed by atoms with Gasteiger partial charge in [0.25, 0.3) is 0 Å². The molecular formula is C18H24N2O2. The maximum atomic E-state index is 11.4. The molecular weight excluding hydrogens is 276 g/mol. The fourth-order valence-electron chi connectivity index (χ4n) is 4.92. The summed E-state index contributed by atoms with van der Waals surface area (Å²) in [7, 11) is 0. The van der Waals surface area contributed by atoms with E-state index < -0.39 is 6.09 Å². The van der Waals surface area contributed by atoms with Crippen LogP contribution in [0.4, 0.5) is 4.79 Å². The van der Waals surface area contributed by atoms with Gasteiger partial charge in [-0.05, 0) is 44.1 Å². The van der Waals surface area contributed by atoms with Gasteiger partial charge in [0.05, 0.1) is 0 Å². The number of piperazine rings is 1. The Labute approximate surface area is 131 Å². The third-order valence-corrected chi connectivity index (χ3v) is 6.19. The monoisotopic (exact) mass is 300 g/mol. The van der Waals surface area contributed by atoms with Gasteiger partial charge in [0.1, 0.15) is 0 Å². The molecule has 1 amide bonds. The highest BCUT2D eigenvalue weighted by Crippen LogP contribution is 2.62. The Hall–Kier alpha value is -1.55. The van der Waals surface area contributed by atoms with Crippen LogP contribution in [0, 0.1) is 5.41 Å². The molecule has 2 bridgehead atoms. The zero-order valence-corrected chi connectivity index (χ0v) is 13.3. The summed E-state index contributed by atoms with van der Waals surface area (Å²) in [5, 5.41) is 9.41. The highest BCUT2D eigenvalue weighted by molar-refractivity contribution is 5.65. The second-order valence-electron chi connectivity index (χ2n) is 7.76. The van der Waals surface area contributed by atoms with Crippen molar-refractivity contribution >= 4 is 6.09 Å². The van der Waals surface area contributed by atoms with E-state index >= 15 is 0 Å². The molecule has 1 aromatic carbocycles. The summed E-state index contributed by atoms with van der Waals surface area (Å²) in [4.78, 5) is 15.7. The summed E-state index contributed by atoms with van der Waals surface area (Å²) in [6, 6.07) is 11.4. The molecule has 0 radical (unpaired) electrons. The van der Waals surface area contributed by atoms with E-state index in [1.807, 2.05) is 0 Å². The second-order valence-corrected chi connectivity index (χ2v) is 7.76. The van der Waals surface area contributed by atoms with Crippen molar-refractivity contribution < 1.29 is 9.90 Å². The number of nitrogens with zero attached hydrogens (tertiary/aromatic N) is 2. The first-order valence-electron chi connectivity index (χ1n) is 8.26. The molecule has 2 heterocycles. The molecule has 3 fully saturated rings. The predicted octanol–water partition coefficient (Wildman–Crippen LogP) is 3.14. The highest BCUT2D eigenvalue weighted by Gasteiger charge is 2.64. The van der Waals surface area contributed by atoms with Gasteiger partial charge in [0, 0.05) is 30.7 Å². The minimum Gasteiger partial charge on any atom is -0.465 e. The average Bonchev–Trinajstić information content (AvgIpc) is 3.24. The molecule has 22 heavy (non-hydrogen) atoms. The van der Waals surface area contributed by atoms with Crippen LogP contribution in [0.2, 0.25) is 0 Å². The molecule has 2 atom stereocenters. The van der Waals surface area contributed by atoms with Crippen LogP contribution >= 0.6 is 0 Å². The molecule has 0 unspecified atom stereocenters. The lowest BCUT2D eigenvalue weighted by atomic mass is 9.88. The number of hydrogen-bond donors (Lipinski definition) is 1. The van der Waals surface area contributed by atoms with E-state index in [2.05, 4.69) is 49.1 Å². The van der Waals surface area contributed by atoms with Crippen molar-refractivity contribution in [3.05, 3.63) is 35.9 Å². The van der Waals surface area contributed by atoms with Crippen molar-refractivity contribution in [2.24, 2.45) is 5.41 Å². The van der Waals surface area contributed by atoms with E-state index in [1.165, 1.54) is 18.4 Å². The van der Waals surface area contributed by atoms with Crippen LogP contribution in [0.25, 0.3) is 0 Å². The van der Waals surface area contributed by atoms with E-state index in [1.54, 1.807) is 4.90 Å². The van der Waals surface area contributed by atoms with Crippen molar-refractivity contribution in [1.82, 2.24) is 9.80 Å². The number of hydrogen-bond acceptors (Lipinski definition) is 2. The average molecular weight is 300 g/mol. The molecule has 4 heteroatoms. The smallest absolute Gasteiger partial charge is 0.407 e. The topological polar surface area (TPSA) is 43.8 Å². The van der Waals surface area contributed by atoms with Crippen LogP contribution in [-0.4, -0.2) is 46.2 Å². The molecule has 1 aliphatic carbocycles. The van der Waals surface area contributed by atoms with E-state index in [0.29, 0.717) is 30.6 Å². The molecule has 1 aromatic rings. The van der Waals surface area contributed by atoms with Crippen LogP contribution in [0.3, 0.4) is 0 Å². The zero-order chi connectivity index (χ0) is 15.5. The van der Waals surface area contributed by atoms with Gasteiger partial charge < -0.3 is 10.0 Å². The Balaban J connectivity index is 1.69. The van der Waals surface area contributed by atoms with Gasteiger partial charge in [-0.15, -0.1) is 0 Å². The van der Waals surface area contributed by atoms with Crippen molar-refractivity contribution in [2.45, 2.75) is 50.7 Å². The van der Waals surface area contributed by atoms with E-state index in [9.17, 15) is 9.90 Å². The number of likely N-dealkylation sites (tertiary alicyclic amines) is 1.